The van der Waals surface area contributed by atoms with E-state index in [4.69, 9.17) is 0 Å². The SMILES string of the molecule is Cc1nc(C(=O)C[C@@H](c2ccc(CC(F)(F)F)cc2)C(C)(C)C)cc(=O)[nH]1. The van der Waals surface area contributed by atoms with Gasteiger partial charge in [0.2, 0.25) is 0 Å². The van der Waals surface area contributed by atoms with Gasteiger partial charge >= 0.3 is 6.18 Å². The number of hydrogen-bond acceptors (Lipinski definition) is 3. The minimum Gasteiger partial charge on any atom is -0.311 e. The molecule has 146 valence electrons. The number of rotatable bonds is 5. The molecule has 0 saturated carbocycles. The van der Waals surface area contributed by atoms with Crippen molar-refractivity contribution in [2.75, 3.05) is 0 Å². The number of carbonyl (C=O) groups excluding carboxylic acids is 1. The van der Waals surface area contributed by atoms with Gasteiger partial charge in [-0.2, -0.15) is 13.2 Å². The summed E-state index contributed by atoms with van der Waals surface area (Å²) in [6, 6.07) is 7.34. The van der Waals surface area contributed by atoms with Crippen LogP contribution in [-0.2, 0) is 6.42 Å². The Morgan fingerprint density at radius 3 is 2.22 bits per heavy atom. The molecule has 1 aromatic carbocycles. The highest BCUT2D eigenvalue weighted by molar-refractivity contribution is 5.94. The largest absolute Gasteiger partial charge is 0.393 e. The van der Waals surface area contributed by atoms with E-state index in [-0.39, 0.29) is 34.8 Å². The standard InChI is InChI=1S/C20H23F3N2O2/c1-12-24-16(10-18(27)25-12)17(26)9-15(19(2,3)4)14-7-5-13(6-8-14)11-20(21,22)23/h5-8,10,15H,9,11H2,1-4H3,(H,24,25,27)/t15-/m0/s1. The van der Waals surface area contributed by atoms with Gasteiger partial charge in [-0.25, -0.2) is 4.98 Å². The zero-order chi connectivity index (χ0) is 20.4. The smallest absolute Gasteiger partial charge is 0.311 e. The third kappa shape index (κ3) is 6.05. The third-order valence-corrected chi connectivity index (χ3v) is 4.37. The molecular weight excluding hydrogens is 357 g/mol. The van der Waals surface area contributed by atoms with E-state index in [0.29, 0.717) is 5.82 Å². The molecule has 2 aromatic rings. The summed E-state index contributed by atoms with van der Waals surface area (Å²) in [6.45, 7) is 7.49. The van der Waals surface area contributed by atoms with Gasteiger partial charge in [-0.1, -0.05) is 45.0 Å². The summed E-state index contributed by atoms with van der Waals surface area (Å²) < 4.78 is 37.6. The number of Topliss-reactive ketones (excluding diaryl/α,β-unsaturated/α-hetero) is 1. The molecule has 1 aromatic heterocycles. The summed E-state index contributed by atoms with van der Waals surface area (Å²) in [5.74, 6) is -0.149. The van der Waals surface area contributed by atoms with Crippen LogP contribution in [-0.4, -0.2) is 21.9 Å². The second-order valence-electron chi connectivity index (χ2n) is 7.80. The molecule has 27 heavy (non-hydrogen) atoms. The molecule has 0 amide bonds. The Balaban J connectivity index is 2.28. The monoisotopic (exact) mass is 380 g/mol. The Morgan fingerprint density at radius 2 is 1.74 bits per heavy atom. The fourth-order valence-electron chi connectivity index (χ4n) is 3.04. The van der Waals surface area contributed by atoms with E-state index in [1.165, 1.54) is 18.2 Å². The summed E-state index contributed by atoms with van der Waals surface area (Å²) in [5, 5.41) is 0. The second-order valence-corrected chi connectivity index (χ2v) is 7.80. The van der Waals surface area contributed by atoms with Gasteiger partial charge in [0.1, 0.15) is 11.5 Å². The van der Waals surface area contributed by atoms with Crippen LogP contribution in [0.15, 0.2) is 35.1 Å². The Morgan fingerprint density at radius 1 is 1.15 bits per heavy atom. The lowest BCUT2D eigenvalue weighted by Gasteiger charge is -2.31. The number of aromatic nitrogens is 2. The van der Waals surface area contributed by atoms with Gasteiger partial charge in [0.25, 0.3) is 5.56 Å². The molecule has 0 radical (unpaired) electrons. The van der Waals surface area contributed by atoms with Gasteiger partial charge < -0.3 is 4.98 Å². The maximum absolute atomic E-state index is 12.7. The molecule has 0 spiro atoms. The zero-order valence-corrected chi connectivity index (χ0v) is 15.8. The van der Waals surface area contributed by atoms with E-state index >= 15 is 0 Å². The van der Waals surface area contributed by atoms with E-state index < -0.39 is 18.2 Å². The molecule has 1 heterocycles. The summed E-state index contributed by atoms with van der Waals surface area (Å²) in [5.41, 5.74) is 0.353. The topological polar surface area (TPSA) is 62.8 Å². The molecule has 0 fully saturated rings. The van der Waals surface area contributed by atoms with Crippen molar-refractivity contribution < 1.29 is 18.0 Å². The first kappa shape index (κ1) is 20.9. The van der Waals surface area contributed by atoms with Crippen molar-refractivity contribution in [3.05, 3.63) is 63.3 Å². The Labute approximate surface area is 155 Å². The molecule has 0 aliphatic carbocycles. The maximum atomic E-state index is 12.7. The Hall–Kier alpha value is -2.44. The van der Waals surface area contributed by atoms with Crippen LogP contribution in [0.25, 0.3) is 0 Å². The summed E-state index contributed by atoms with van der Waals surface area (Å²) in [6.07, 6.45) is -5.13. The lowest BCUT2D eigenvalue weighted by molar-refractivity contribution is -0.127. The average molecular weight is 380 g/mol. The van der Waals surface area contributed by atoms with Gasteiger partial charge in [-0.3, -0.25) is 9.59 Å². The zero-order valence-electron chi connectivity index (χ0n) is 15.8. The minimum atomic E-state index is -4.26. The van der Waals surface area contributed by atoms with Gasteiger partial charge in [0, 0.05) is 12.5 Å². The summed E-state index contributed by atoms with van der Waals surface area (Å²) in [4.78, 5) is 30.8. The predicted molar refractivity (Wildman–Crippen MR) is 96.9 cm³/mol. The lowest BCUT2D eigenvalue weighted by Crippen LogP contribution is -2.23. The van der Waals surface area contributed by atoms with Crippen molar-refractivity contribution in [2.45, 2.75) is 52.6 Å². The van der Waals surface area contributed by atoms with Crippen molar-refractivity contribution in [1.82, 2.24) is 9.97 Å². The fraction of sp³-hybridized carbons (Fsp3) is 0.450. The lowest BCUT2D eigenvalue weighted by atomic mass is 9.73. The number of hydrogen-bond donors (Lipinski definition) is 1. The number of H-pyrrole nitrogens is 1. The maximum Gasteiger partial charge on any atom is 0.393 e. The number of carbonyl (C=O) groups is 1. The number of aromatic amines is 1. The van der Waals surface area contributed by atoms with Crippen molar-refractivity contribution in [3.63, 3.8) is 0 Å². The molecule has 1 atom stereocenters. The van der Waals surface area contributed by atoms with Crippen molar-refractivity contribution in [2.24, 2.45) is 5.41 Å². The van der Waals surface area contributed by atoms with Gasteiger partial charge in [-0.05, 0) is 29.4 Å². The fourth-order valence-corrected chi connectivity index (χ4v) is 3.04. The predicted octanol–water partition coefficient (Wildman–Crippen LogP) is 4.59. The molecule has 0 aliphatic heterocycles. The second kappa shape index (κ2) is 7.66. The van der Waals surface area contributed by atoms with Gasteiger partial charge in [-0.15, -0.1) is 0 Å². The molecule has 7 heteroatoms. The van der Waals surface area contributed by atoms with E-state index in [0.717, 1.165) is 5.56 Å². The van der Waals surface area contributed by atoms with Crippen LogP contribution >= 0.6 is 0 Å². The first-order chi connectivity index (χ1) is 12.3. The highest BCUT2D eigenvalue weighted by atomic mass is 19.4. The number of nitrogens with zero attached hydrogens (tertiary/aromatic N) is 1. The summed E-state index contributed by atoms with van der Waals surface area (Å²) in [7, 11) is 0. The first-order valence-electron chi connectivity index (χ1n) is 8.62. The molecule has 1 N–H and O–H groups in total. The van der Waals surface area contributed by atoms with Crippen molar-refractivity contribution >= 4 is 5.78 Å². The molecule has 0 unspecified atom stereocenters. The Bertz CT molecular complexity index is 863. The van der Waals surface area contributed by atoms with Crippen LogP contribution in [0.3, 0.4) is 0 Å². The first-order valence-corrected chi connectivity index (χ1v) is 8.62. The quantitative estimate of drug-likeness (QED) is 0.772. The van der Waals surface area contributed by atoms with Crippen LogP contribution in [0.1, 0.15) is 60.5 Å². The highest BCUT2D eigenvalue weighted by Gasteiger charge is 2.31. The van der Waals surface area contributed by atoms with E-state index in [2.05, 4.69) is 9.97 Å². The number of halogens is 3. The highest BCUT2D eigenvalue weighted by Crippen LogP contribution is 2.38. The van der Waals surface area contributed by atoms with E-state index in [1.54, 1.807) is 19.1 Å². The van der Waals surface area contributed by atoms with Crippen LogP contribution in [0.4, 0.5) is 13.2 Å². The minimum absolute atomic E-state index is 0.0965. The van der Waals surface area contributed by atoms with Crippen molar-refractivity contribution in [1.29, 1.82) is 0 Å². The number of benzene rings is 1. The van der Waals surface area contributed by atoms with Gasteiger partial charge in [0.05, 0.1) is 6.42 Å². The number of nitrogens with one attached hydrogen (secondary N) is 1. The normalized spacial score (nSPS) is 13.4. The van der Waals surface area contributed by atoms with Crippen LogP contribution in [0, 0.1) is 12.3 Å². The molecule has 0 aliphatic rings. The van der Waals surface area contributed by atoms with Crippen LogP contribution in [0.2, 0.25) is 0 Å². The Kier molecular flexibility index (Phi) is 5.92. The van der Waals surface area contributed by atoms with Crippen LogP contribution < -0.4 is 5.56 Å². The molecule has 2 rings (SSSR count). The van der Waals surface area contributed by atoms with E-state index in [1.807, 2.05) is 20.8 Å². The van der Waals surface area contributed by atoms with E-state index in [9.17, 15) is 22.8 Å². The van der Waals surface area contributed by atoms with Crippen molar-refractivity contribution in [3.8, 4) is 0 Å². The molecule has 4 nitrogen and oxygen atoms in total. The number of alkyl halides is 3. The molecule has 0 bridgehead atoms. The molecule has 0 saturated heterocycles. The third-order valence-electron chi connectivity index (χ3n) is 4.37. The van der Waals surface area contributed by atoms with Crippen LogP contribution in [0.5, 0.6) is 0 Å². The average Bonchev–Trinajstić information content (AvgIpc) is 2.50. The number of aryl methyl sites for hydroxylation is 1. The summed E-state index contributed by atoms with van der Waals surface area (Å²) >= 11 is 0. The van der Waals surface area contributed by atoms with Gasteiger partial charge in [0.15, 0.2) is 5.78 Å². The molecular formula is C20H23F3N2O2. The number of ketones is 1.